The minimum absolute atomic E-state index is 0.0367. The summed E-state index contributed by atoms with van der Waals surface area (Å²) in [6, 6.07) is -0.0367. The Labute approximate surface area is 125 Å². The predicted octanol–water partition coefficient (Wildman–Crippen LogP) is -0.166. The van der Waals surface area contributed by atoms with Crippen molar-refractivity contribution in [1.29, 1.82) is 0 Å². The summed E-state index contributed by atoms with van der Waals surface area (Å²) in [7, 11) is 0. The first-order valence-corrected chi connectivity index (χ1v) is 8.09. The molecule has 3 heterocycles. The number of hydrogen-bond donors (Lipinski definition) is 1. The number of amides is 2. The van der Waals surface area contributed by atoms with Crippen LogP contribution in [0.4, 0.5) is 0 Å². The molecule has 0 spiro atoms. The number of carbonyl (C=O) groups is 2. The van der Waals surface area contributed by atoms with E-state index >= 15 is 0 Å². The molecule has 3 saturated heterocycles. The van der Waals surface area contributed by atoms with Gasteiger partial charge < -0.3 is 19.9 Å². The lowest BCUT2D eigenvalue weighted by Crippen LogP contribution is -2.56. The minimum Gasteiger partial charge on any atom is -0.368 e. The number of rotatable bonds is 2. The van der Waals surface area contributed by atoms with Crippen LogP contribution in [0.2, 0.25) is 0 Å². The van der Waals surface area contributed by atoms with E-state index in [1.54, 1.807) is 0 Å². The van der Waals surface area contributed by atoms with Gasteiger partial charge in [0, 0.05) is 32.8 Å². The summed E-state index contributed by atoms with van der Waals surface area (Å²) in [5.74, 6) is 0.709. The highest BCUT2D eigenvalue weighted by Crippen LogP contribution is 2.19. The Kier molecular flexibility index (Phi) is 4.45. The number of nitrogens with zero attached hydrogens (tertiary/aromatic N) is 2. The Morgan fingerprint density at radius 2 is 1.71 bits per heavy atom. The lowest BCUT2D eigenvalue weighted by Gasteiger charge is -2.37. The maximum atomic E-state index is 12.5. The van der Waals surface area contributed by atoms with Crippen LogP contribution in [0.25, 0.3) is 0 Å². The molecule has 6 heteroatoms. The smallest absolute Gasteiger partial charge is 0.251 e. The summed E-state index contributed by atoms with van der Waals surface area (Å²) in [6.07, 6.45) is 2.62. The van der Waals surface area contributed by atoms with Crippen LogP contribution in [-0.4, -0.2) is 73.1 Å². The van der Waals surface area contributed by atoms with Gasteiger partial charge in [-0.15, -0.1) is 0 Å². The van der Waals surface area contributed by atoms with Crippen molar-refractivity contribution in [3.8, 4) is 0 Å². The van der Waals surface area contributed by atoms with Crippen LogP contribution in [0.15, 0.2) is 0 Å². The largest absolute Gasteiger partial charge is 0.368 e. The summed E-state index contributed by atoms with van der Waals surface area (Å²) in [5.41, 5.74) is 0. The van der Waals surface area contributed by atoms with Crippen molar-refractivity contribution in [3.63, 3.8) is 0 Å². The summed E-state index contributed by atoms with van der Waals surface area (Å²) >= 11 is 0. The van der Waals surface area contributed by atoms with Crippen LogP contribution in [0.1, 0.15) is 26.2 Å². The lowest BCUT2D eigenvalue weighted by atomic mass is 10.0. The Morgan fingerprint density at radius 3 is 2.24 bits per heavy atom. The third-order valence-corrected chi connectivity index (χ3v) is 4.91. The molecule has 3 aliphatic heterocycles. The first-order valence-electron chi connectivity index (χ1n) is 8.09. The summed E-state index contributed by atoms with van der Waals surface area (Å²) < 4.78 is 5.46. The van der Waals surface area contributed by atoms with E-state index < -0.39 is 0 Å². The number of carbonyl (C=O) groups excluding carboxylic acids is 2. The fourth-order valence-electron chi connectivity index (χ4n) is 3.49. The molecule has 0 aromatic rings. The molecule has 3 fully saturated rings. The molecule has 3 atom stereocenters. The van der Waals surface area contributed by atoms with Crippen molar-refractivity contribution in [2.45, 2.75) is 38.3 Å². The molecule has 0 aromatic carbocycles. The molecule has 0 aliphatic carbocycles. The fourth-order valence-corrected chi connectivity index (χ4v) is 3.49. The molecule has 6 nitrogen and oxygen atoms in total. The van der Waals surface area contributed by atoms with Crippen molar-refractivity contribution in [3.05, 3.63) is 0 Å². The second-order valence-electron chi connectivity index (χ2n) is 6.35. The topological polar surface area (TPSA) is 61.9 Å². The van der Waals surface area contributed by atoms with Crippen LogP contribution in [0, 0.1) is 5.92 Å². The Bertz CT molecular complexity index is 401. The summed E-state index contributed by atoms with van der Waals surface area (Å²) in [5, 5.41) is 3.29. The van der Waals surface area contributed by atoms with Crippen molar-refractivity contribution in [2.24, 2.45) is 5.92 Å². The van der Waals surface area contributed by atoms with E-state index in [9.17, 15) is 9.59 Å². The lowest BCUT2D eigenvalue weighted by molar-refractivity contribution is -0.146. The second kappa shape index (κ2) is 6.32. The zero-order chi connectivity index (χ0) is 14.8. The average molecular weight is 295 g/mol. The summed E-state index contributed by atoms with van der Waals surface area (Å²) in [4.78, 5) is 28.5. The number of hydrogen-bond acceptors (Lipinski definition) is 4. The first-order chi connectivity index (χ1) is 10.2. The third kappa shape index (κ3) is 3.06. The third-order valence-electron chi connectivity index (χ3n) is 4.91. The summed E-state index contributed by atoms with van der Waals surface area (Å²) in [6.45, 7) is 6.29. The van der Waals surface area contributed by atoms with Crippen LogP contribution < -0.4 is 5.32 Å². The van der Waals surface area contributed by atoms with Gasteiger partial charge in [-0.1, -0.05) is 6.92 Å². The zero-order valence-corrected chi connectivity index (χ0v) is 12.7. The Balaban J connectivity index is 1.50. The maximum Gasteiger partial charge on any atom is 0.251 e. The van der Waals surface area contributed by atoms with Crippen LogP contribution in [0.5, 0.6) is 0 Å². The number of nitrogens with one attached hydrogen (secondary N) is 1. The molecular weight excluding hydrogens is 270 g/mol. The molecule has 21 heavy (non-hydrogen) atoms. The van der Waals surface area contributed by atoms with Crippen molar-refractivity contribution in [1.82, 2.24) is 15.1 Å². The van der Waals surface area contributed by atoms with Gasteiger partial charge in [0.2, 0.25) is 5.91 Å². The molecule has 3 aliphatic rings. The first kappa shape index (κ1) is 14.8. The SMILES string of the molecule is CC1CCNC1C(=O)N1CCN(C(=O)C2CCCO2)CC1. The molecule has 0 saturated carbocycles. The van der Waals surface area contributed by atoms with Crippen molar-refractivity contribution in [2.75, 3.05) is 39.3 Å². The van der Waals surface area contributed by atoms with Gasteiger partial charge in [-0.05, 0) is 31.7 Å². The maximum absolute atomic E-state index is 12.5. The molecule has 0 radical (unpaired) electrons. The van der Waals surface area contributed by atoms with Crippen molar-refractivity contribution >= 4 is 11.8 Å². The van der Waals surface area contributed by atoms with Crippen molar-refractivity contribution < 1.29 is 14.3 Å². The molecule has 0 bridgehead atoms. The van der Waals surface area contributed by atoms with Gasteiger partial charge in [0.05, 0.1) is 6.04 Å². The van der Waals surface area contributed by atoms with Gasteiger partial charge in [0.1, 0.15) is 6.10 Å². The van der Waals surface area contributed by atoms with E-state index in [1.807, 2.05) is 9.80 Å². The highest BCUT2D eigenvalue weighted by Gasteiger charge is 2.35. The van der Waals surface area contributed by atoms with E-state index in [-0.39, 0.29) is 24.0 Å². The molecule has 3 unspecified atom stereocenters. The molecule has 118 valence electrons. The molecular formula is C15H25N3O3. The molecule has 1 N–H and O–H groups in total. The molecule has 2 amide bonds. The van der Waals surface area contributed by atoms with Gasteiger partial charge >= 0.3 is 0 Å². The Hall–Kier alpha value is -1.14. The van der Waals surface area contributed by atoms with E-state index in [0.29, 0.717) is 38.7 Å². The van der Waals surface area contributed by atoms with Crippen LogP contribution in [-0.2, 0) is 14.3 Å². The quantitative estimate of drug-likeness (QED) is 0.768. The molecule has 0 aromatic heterocycles. The Morgan fingerprint density at radius 1 is 1.05 bits per heavy atom. The second-order valence-corrected chi connectivity index (χ2v) is 6.35. The zero-order valence-electron chi connectivity index (χ0n) is 12.7. The van der Waals surface area contributed by atoms with Gasteiger partial charge in [0.25, 0.3) is 5.91 Å². The van der Waals surface area contributed by atoms with Crippen LogP contribution in [0.3, 0.4) is 0 Å². The van der Waals surface area contributed by atoms with E-state index in [1.165, 1.54) is 0 Å². The standard InChI is InChI=1S/C15H25N3O3/c1-11-4-5-16-13(11)15(20)18-8-6-17(7-9-18)14(19)12-3-2-10-21-12/h11-13,16H,2-10H2,1H3. The fraction of sp³-hybridized carbons (Fsp3) is 0.867. The van der Waals surface area contributed by atoms with Gasteiger partial charge in [-0.2, -0.15) is 0 Å². The monoisotopic (exact) mass is 295 g/mol. The normalized spacial score (nSPS) is 33.5. The van der Waals surface area contributed by atoms with Gasteiger partial charge in [-0.25, -0.2) is 0 Å². The van der Waals surface area contributed by atoms with Gasteiger partial charge in [-0.3, -0.25) is 9.59 Å². The van der Waals surface area contributed by atoms with E-state index in [2.05, 4.69) is 12.2 Å². The van der Waals surface area contributed by atoms with Gasteiger partial charge in [0.15, 0.2) is 0 Å². The minimum atomic E-state index is -0.247. The predicted molar refractivity (Wildman–Crippen MR) is 77.7 cm³/mol. The number of piperazine rings is 1. The average Bonchev–Trinajstić information content (AvgIpc) is 3.17. The highest BCUT2D eigenvalue weighted by atomic mass is 16.5. The van der Waals surface area contributed by atoms with Crippen LogP contribution >= 0.6 is 0 Å². The van der Waals surface area contributed by atoms with E-state index in [4.69, 9.17) is 4.74 Å². The number of ether oxygens (including phenoxy) is 1. The molecule has 3 rings (SSSR count). The van der Waals surface area contributed by atoms with E-state index in [0.717, 1.165) is 25.8 Å². The highest BCUT2D eigenvalue weighted by molar-refractivity contribution is 5.84.